The quantitative estimate of drug-likeness (QED) is 0.831. The lowest BCUT2D eigenvalue weighted by molar-refractivity contribution is 0.318. The fourth-order valence-corrected chi connectivity index (χ4v) is 3.19. The van der Waals surface area contributed by atoms with Gasteiger partial charge in [-0.05, 0) is 31.0 Å². The van der Waals surface area contributed by atoms with Crippen LogP contribution in [0.15, 0.2) is 12.1 Å². The van der Waals surface area contributed by atoms with Crippen molar-refractivity contribution in [2.24, 2.45) is 5.92 Å². The van der Waals surface area contributed by atoms with Gasteiger partial charge in [0.15, 0.2) is 0 Å². The number of thiophene rings is 1. The minimum absolute atomic E-state index is 0.0580. The van der Waals surface area contributed by atoms with Crippen LogP contribution in [0.5, 0.6) is 0 Å². The van der Waals surface area contributed by atoms with Gasteiger partial charge in [0.2, 0.25) is 0 Å². The predicted octanol–water partition coefficient (Wildman–Crippen LogP) is 2.32. The molecule has 1 unspecified atom stereocenters. The molecule has 0 aromatic carbocycles. The van der Waals surface area contributed by atoms with Gasteiger partial charge in [0, 0.05) is 18.0 Å². The van der Waals surface area contributed by atoms with E-state index in [9.17, 15) is 0 Å². The summed E-state index contributed by atoms with van der Waals surface area (Å²) in [5, 5.41) is 8.64. The van der Waals surface area contributed by atoms with E-state index in [-0.39, 0.29) is 6.61 Å². The van der Waals surface area contributed by atoms with Crippen molar-refractivity contribution in [1.82, 2.24) is 4.90 Å². The average molecular weight is 249 g/mol. The second kappa shape index (κ2) is 6.20. The molecule has 1 fully saturated rings. The van der Waals surface area contributed by atoms with Crippen LogP contribution in [0.25, 0.3) is 0 Å². The van der Waals surface area contributed by atoms with Crippen molar-refractivity contribution in [1.29, 1.82) is 0 Å². The average Bonchev–Trinajstić information content (AvgIpc) is 2.96. The van der Waals surface area contributed by atoms with Gasteiger partial charge in [-0.15, -0.1) is 11.3 Å². The number of likely N-dealkylation sites (tertiary alicyclic amines) is 1. The first-order chi connectivity index (χ1) is 8.31. The first kappa shape index (κ1) is 12.6. The molecule has 3 heteroatoms. The number of rotatable bonds is 3. The van der Waals surface area contributed by atoms with Gasteiger partial charge in [-0.25, -0.2) is 0 Å². The standard InChI is InChI=1S/C14H19NOS/c1-2-12-7-8-15(10-12)11-14-6-5-13(17-14)4-3-9-16/h5-6,12,16H,2,7-11H2,1H3. The molecule has 92 valence electrons. The monoisotopic (exact) mass is 249 g/mol. The second-order valence-corrected chi connectivity index (χ2v) is 5.69. The van der Waals surface area contributed by atoms with Crippen LogP contribution >= 0.6 is 11.3 Å². The molecule has 1 atom stereocenters. The minimum Gasteiger partial charge on any atom is -0.384 e. The van der Waals surface area contributed by atoms with E-state index in [0.29, 0.717) is 0 Å². The van der Waals surface area contributed by atoms with Crippen LogP contribution in [0.4, 0.5) is 0 Å². The molecule has 2 rings (SSSR count). The van der Waals surface area contributed by atoms with E-state index in [4.69, 9.17) is 5.11 Å². The van der Waals surface area contributed by atoms with Gasteiger partial charge in [0.25, 0.3) is 0 Å². The fraction of sp³-hybridized carbons (Fsp3) is 0.571. The Morgan fingerprint density at radius 1 is 1.53 bits per heavy atom. The van der Waals surface area contributed by atoms with E-state index in [2.05, 4.69) is 35.8 Å². The number of hydrogen-bond acceptors (Lipinski definition) is 3. The summed E-state index contributed by atoms with van der Waals surface area (Å²) >= 11 is 1.74. The van der Waals surface area contributed by atoms with Crippen molar-refractivity contribution < 1.29 is 5.11 Å². The van der Waals surface area contributed by atoms with E-state index in [1.165, 1.54) is 30.8 Å². The summed E-state index contributed by atoms with van der Waals surface area (Å²) in [7, 11) is 0. The van der Waals surface area contributed by atoms with Crippen LogP contribution in [0.1, 0.15) is 29.5 Å². The molecule has 0 spiro atoms. The first-order valence-corrected chi connectivity index (χ1v) is 7.04. The highest BCUT2D eigenvalue weighted by atomic mass is 32.1. The molecule has 0 aliphatic carbocycles. The number of hydrogen-bond donors (Lipinski definition) is 1. The third kappa shape index (κ3) is 3.57. The summed E-state index contributed by atoms with van der Waals surface area (Å²) in [4.78, 5) is 4.97. The highest BCUT2D eigenvalue weighted by Gasteiger charge is 2.20. The van der Waals surface area contributed by atoms with E-state index < -0.39 is 0 Å². The van der Waals surface area contributed by atoms with Crippen molar-refractivity contribution in [3.8, 4) is 11.8 Å². The molecule has 0 radical (unpaired) electrons. The molecule has 2 heterocycles. The molecule has 1 aromatic heterocycles. The van der Waals surface area contributed by atoms with Gasteiger partial charge in [-0.1, -0.05) is 25.2 Å². The Kier molecular flexibility index (Phi) is 4.61. The maximum atomic E-state index is 8.64. The maximum Gasteiger partial charge on any atom is 0.104 e. The van der Waals surface area contributed by atoms with E-state index >= 15 is 0 Å². The van der Waals surface area contributed by atoms with E-state index in [0.717, 1.165) is 17.3 Å². The summed E-state index contributed by atoms with van der Waals surface area (Å²) in [6.45, 7) is 5.75. The maximum absolute atomic E-state index is 8.64. The lowest BCUT2D eigenvalue weighted by atomic mass is 10.1. The SMILES string of the molecule is CCC1CCN(Cc2ccc(C#CCO)s2)C1. The van der Waals surface area contributed by atoms with Crippen molar-refractivity contribution in [3.05, 3.63) is 21.9 Å². The Labute approximate surface area is 107 Å². The van der Waals surface area contributed by atoms with Crippen molar-refractivity contribution in [2.45, 2.75) is 26.3 Å². The van der Waals surface area contributed by atoms with Gasteiger partial charge >= 0.3 is 0 Å². The Morgan fingerprint density at radius 3 is 3.12 bits per heavy atom. The Bertz CT molecular complexity index is 415. The smallest absolute Gasteiger partial charge is 0.104 e. The summed E-state index contributed by atoms with van der Waals surface area (Å²) in [6.07, 6.45) is 2.65. The number of aliphatic hydroxyl groups is 1. The van der Waals surface area contributed by atoms with Crippen LogP contribution in [-0.2, 0) is 6.54 Å². The second-order valence-electron chi connectivity index (χ2n) is 4.52. The lowest BCUT2D eigenvalue weighted by Gasteiger charge is -2.13. The number of aliphatic hydroxyl groups excluding tert-OH is 1. The predicted molar refractivity (Wildman–Crippen MR) is 72.0 cm³/mol. The van der Waals surface area contributed by atoms with Crippen LogP contribution in [-0.4, -0.2) is 29.7 Å². The fourth-order valence-electron chi connectivity index (χ4n) is 2.27. The van der Waals surface area contributed by atoms with Crippen molar-refractivity contribution in [2.75, 3.05) is 19.7 Å². The third-order valence-electron chi connectivity index (χ3n) is 3.28. The van der Waals surface area contributed by atoms with Crippen molar-refractivity contribution >= 4 is 11.3 Å². The normalized spacial score (nSPS) is 20.2. The van der Waals surface area contributed by atoms with E-state index in [1.807, 2.05) is 0 Å². The molecule has 1 aliphatic heterocycles. The molecule has 17 heavy (non-hydrogen) atoms. The molecule has 1 aromatic rings. The zero-order chi connectivity index (χ0) is 12.1. The molecule has 2 nitrogen and oxygen atoms in total. The molecule has 0 bridgehead atoms. The molecular formula is C14H19NOS. The Morgan fingerprint density at radius 2 is 2.41 bits per heavy atom. The zero-order valence-electron chi connectivity index (χ0n) is 10.3. The number of nitrogens with zero attached hydrogens (tertiary/aromatic N) is 1. The first-order valence-electron chi connectivity index (χ1n) is 6.22. The Balaban J connectivity index is 1.89. The topological polar surface area (TPSA) is 23.5 Å². The summed E-state index contributed by atoms with van der Waals surface area (Å²) in [5.74, 6) is 6.54. The van der Waals surface area contributed by atoms with Gasteiger partial charge in [0.05, 0.1) is 4.88 Å². The molecule has 1 aliphatic rings. The third-order valence-corrected chi connectivity index (χ3v) is 4.26. The highest BCUT2D eigenvalue weighted by Crippen LogP contribution is 2.23. The summed E-state index contributed by atoms with van der Waals surface area (Å²) in [5.41, 5.74) is 0. The molecule has 0 saturated carbocycles. The van der Waals surface area contributed by atoms with Crippen LogP contribution in [0.3, 0.4) is 0 Å². The lowest BCUT2D eigenvalue weighted by Crippen LogP contribution is -2.19. The summed E-state index contributed by atoms with van der Waals surface area (Å²) < 4.78 is 0. The van der Waals surface area contributed by atoms with Gasteiger partial charge in [0.1, 0.15) is 6.61 Å². The van der Waals surface area contributed by atoms with Gasteiger partial charge in [-0.3, -0.25) is 4.90 Å². The molecule has 1 N–H and O–H groups in total. The largest absolute Gasteiger partial charge is 0.384 e. The molecule has 0 amide bonds. The van der Waals surface area contributed by atoms with E-state index in [1.54, 1.807) is 11.3 Å². The van der Waals surface area contributed by atoms with Crippen LogP contribution in [0, 0.1) is 17.8 Å². The van der Waals surface area contributed by atoms with Crippen LogP contribution in [0.2, 0.25) is 0 Å². The van der Waals surface area contributed by atoms with Crippen LogP contribution < -0.4 is 0 Å². The Hall–Kier alpha value is -0.820. The van der Waals surface area contributed by atoms with Gasteiger partial charge < -0.3 is 5.11 Å². The highest BCUT2D eigenvalue weighted by molar-refractivity contribution is 7.12. The molecular weight excluding hydrogens is 230 g/mol. The van der Waals surface area contributed by atoms with Crippen molar-refractivity contribution in [3.63, 3.8) is 0 Å². The van der Waals surface area contributed by atoms with Gasteiger partial charge in [-0.2, -0.15) is 0 Å². The molecule has 1 saturated heterocycles. The summed E-state index contributed by atoms with van der Waals surface area (Å²) in [6, 6.07) is 4.21. The minimum atomic E-state index is -0.0580. The zero-order valence-corrected chi connectivity index (χ0v) is 11.1.